The van der Waals surface area contributed by atoms with E-state index in [2.05, 4.69) is 10.3 Å². The summed E-state index contributed by atoms with van der Waals surface area (Å²) in [5.74, 6) is -0.814. The van der Waals surface area contributed by atoms with Crippen LogP contribution in [0.25, 0.3) is 0 Å². The normalized spacial score (nSPS) is 16.3. The summed E-state index contributed by atoms with van der Waals surface area (Å²) < 4.78 is 2.04. The molecule has 0 saturated carbocycles. The van der Waals surface area contributed by atoms with E-state index in [-0.39, 0.29) is 6.04 Å². The Hall–Kier alpha value is -1.36. The fourth-order valence-electron chi connectivity index (χ4n) is 2.27. The molecular weight excluding hydrogens is 230 g/mol. The van der Waals surface area contributed by atoms with E-state index in [1.807, 2.05) is 32.3 Å². The van der Waals surface area contributed by atoms with Gasteiger partial charge in [0, 0.05) is 11.7 Å². The van der Waals surface area contributed by atoms with Crippen molar-refractivity contribution < 1.29 is 9.90 Å². The van der Waals surface area contributed by atoms with Crippen LogP contribution in [-0.4, -0.2) is 32.7 Å². The van der Waals surface area contributed by atoms with Crippen LogP contribution >= 0.6 is 0 Å². The lowest BCUT2D eigenvalue weighted by molar-refractivity contribution is -0.144. The molecule has 0 spiro atoms. The Labute approximate surface area is 108 Å². The summed E-state index contributed by atoms with van der Waals surface area (Å²) in [6.07, 6.45) is 2.30. The highest BCUT2D eigenvalue weighted by Crippen LogP contribution is 2.23. The molecule has 5 heteroatoms. The maximum Gasteiger partial charge on any atom is 0.323 e. The monoisotopic (exact) mass is 253 g/mol. The van der Waals surface area contributed by atoms with Crippen LogP contribution in [0.15, 0.2) is 6.33 Å². The fourth-order valence-corrected chi connectivity index (χ4v) is 2.27. The first-order chi connectivity index (χ1) is 8.31. The Balaban J connectivity index is 2.88. The van der Waals surface area contributed by atoms with E-state index in [0.29, 0.717) is 13.0 Å². The molecule has 0 amide bonds. The molecule has 102 valence electrons. The van der Waals surface area contributed by atoms with E-state index in [1.165, 1.54) is 0 Å². The standard InChI is InChI=1S/C13H23N3O2/c1-6-15-13(5,12(17)18)7-9(2)16-8-14-10(3)11(16)4/h8-9,15H,6-7H2,1-5H3,(H,17,18). The van der Waals surface area contributed by atoms with Crippen molar-refractivity contribution in [2.45, 2.75) is 52.6 Å². The number of carboxylic acid groups (broad SMARTS) is 1. The Morgan fingerprint density at radius 2 is 2.22 bits per heavy atom. The summed E-state index contributed by atoms with van der Waals surface area (Å²) in [4.78, 5) is 15.6. The first-order valence-corrected chi connectivity index (χ1v) is 6.30. The van der Waals surface area contributed by atoms with Crippen LogP contribution in [0.1, 0.15) is 44.6 Å². The first-order valence-electron chi connectivity index (χ1n) is 6.30. The van der Waals surface area contributed by atoms with Gasteiger partial charge in [0.1, 0.15) is 5.54 Å². The second-order valence-electron chi connectivity index (χ2n) is 5.04. The lowest BCUT2D eigenvalue weighted by atomic mass is 9.93. The molecule has 0 aliphatic carbocycles. The molecule has 0 radical (unpaired) electrons. The number of hydrogen-bond donors (Lipinski definition) is 2. The molecule has 2 unspecified atom stereocenters. The third-order valence-electron chi connectivity index (χ3n) is 3.50. The maximum atomic E-state index is 11.4. The van der Waals surface area contributed by atoms with Crippen LogP contribution in [-0.2, 0) is 4.79 Å². The van der Waals surface area contributed by atoms with Crippen LogP contribution in [0.4, 0.5) is 0 Å². The molecule has 2 atom stereocenters. The van der Waals surface area contributed by atoms with E-state index < -0.39 is 11.5 Å². The van der Waals surface area contributed by atoms with Gasteiger partial charge in [-0.3, -0.25) is 4.79 Å². The minimum Gasteiger partial charge on any atom is -0.480 e. The minimum absolute atomic E-state index is 0.0892. The van der Waals surface area contributed by atoms with Gasteiger partial charge in [-0.05, 0) is 40.7 Å². The maximum absolute atomic E-state index is 11.4. The van der Waals surface area contributed by atoms with Crippen molar-refractivity contribution in [2.24, 2.45) is 0 Å². The second-order valence-corrected chi connectivity index (χ2v) is 5.04. The van der Waals surface area contributed by atoms with Gasteiger partial charge in [-0.1, -0.05) is 6.92 Å². The molecule has 1 aromatic heterocycles. The zero-order chi connectivity index (χ0) is 13.9. The highest BCUT2D eigenvalue weighted by molar-refractivity contribution is 5.78. The molecule has 0 aliphatic rings. The average Bonchev–Trinajstić information content (AvgIpc) is 2.59. The van der Waals surface area contributed by atoms with Gasteiger partial charge in [0.2, 0.25) is 0 Å². The van der Waals surface area contributed by atoms with E-state index in [0.717, 1.165) is 11.4 Å². The minimum atomic E-state index is -0.904. The number of carbonyl (C=O) groups is 1. The van der Waals surface area contributed by atoms with Gasteiger partial charge in [0.25, 0.3) is 0 Å². The summed E-state index contributed by atoms with van der Waals surface area (Å²) in [6.45, 7) is 10.3. The molecule has 1 aromatic rings. The number of carboxylic acids is 1. The average molecular weight is 253 g/mol. The van der Waals surface area contributed by atoms with Gasteiger partial charge in [-0.15, -0.1) is 0 Å². The summed E-state index contributed by atoms with van der Waals surface area (Å²) in [6, 6.07) is 0.0892. The number of aliphatic carboxylic acids is 1. The van der Waals surface area contributed by atoms with Crippen LogP contribution in [0.2, 0.25) is 0 Å². The van der Waals surface area contributed by atoms with Crippen LogP contribution in [0.3, 0.4) is 0 Å². The molecule has 0 fully saturated rings. The molecule has 2 N–H and O–H groups in total. The van der Waals surface area contributed by atoms with E-state index in [9.17, 15) is 9.90 Å². The third kappa shape index (κ3) is 2.90. The van der Waals surface area contributed by atoms with Crippen LogP contribution < -0.4 is 5.32 Å². The predicted molar refractivity (Wildman–Crippen MR) is 70.7 cm³/mol. The van der Waals surface area contributed by atoms with Crippen molar-refractivity contribution in [1.82, 2.24) is 14.9 Å². The SMILES string of the molecule is CCNC(C)(CC(C)n1cnc(C)c1C)C(=O)O. The molecule has 0 aliphatic heterocycles. The highest BCUT2D eigenvalue weighted by Gasteiger charge is 2.34. The molecule has 1 rings (SSSR count). The Morgan fingerprint density at radius 1 is 1.61 bits per heavy atom. The third-order valence-corrected chi connectivity index (χ3v) is 3.50. The lowest BCUT2D eigenvalue weighted by Gasteiger charge is -2.29. The second kappa shape index (κ2) is 5.52. The largest absolute Gasteiger partial charge is 0.480 e. The van der Waals surface area contributed by atoms with Crippen LogP contribution in [0, 0.1) is 13.8 Å². The first kappa shape index (κ1) is 14.7. The van der Waals surface area contributed by atoms with Crippen molar-refractivity contribution in [3.05, 3.63) is 17.7 Å². The predicted octanol–water partition coefficient (Wildman–Crippen LogP) is 1.90. The molecular formula is C13H23N3O2. The summed E-state index contributed by atoms with van der Waals surface area (Å²) in [5, 5.41) is 12.4. The molecule has 1 heterocycles. The smallest absolute Gasteiger partial charge is 0.323 e. The highest BCUT2D eigenvalue weighted by atomic mass is 16.4. The van der Waals surface area contributed by atoms with Crippen LogP contribution in [0.5, 0.6) is 0 Å². The number of hydrogen-bond acceptors (Lipinski definition) is 3. The van der Waals surface area contributed by atoms with Crippen molar-refractivity contribution in [3.63, 3.8) is 0 Å². The number of nitrogens with zero attached hydrogens (tertiary/aromatic N) is 2. The fraction of sp³-hybridized carbons (Fsp3) is 0.692. The molecule has 0 saturated heterocycles. The van der Waals surface area contributed by atoms with Crippen molar-refractivity contribution in [3.8, 4) is 0 Å². The van der Waals surface area contributed by atoms with E-state index in [4.69, 9.17) is 0 Å². The van der Waals surface area contributed by atoms with Gasteiger partial charge in [-0.2, -0.15) is 0 Å². The Bertz CT molecular complexity index is 428. The van der Waals surface area contributed by atoms with Gasteiger partial charge in [0.15, 0.2) is 0 Å². The molecule has 0 aromatic carbocycles. The number of imidazole rings is 1. The van der Waals surface area contributed by atoms with Crippen molar-refractivity contribution >= 4 is 5.97 Å². The Morgan fingerprint density at radius 3 is 2.61 bits per heavy atom. The van der Waals surface area contributed by atoms with E-state index >= 15 is 0 Å². The van der Waals surface area contributed by atoms with Gasteiger partial charge >= 0.3 is 5.97 Å². The number of aromatic nitrogens is 2. The van der Waals surface area contributed by atoms with Gasteiger partial charge < -0.3 is 15.0 Å². The quantitative estimate of drug-likeness (QED) is 0.812. The van der Waals surface area contributed by atoms with Crippen molar-refractivity contribution in [1.29, 1.82) is 0 Å². The van der Waals surface area contributed by atoms with Gasteiger partial charge in [-0.25, -0.2) is 4.98 Å². The summed E-state index contributed by atoms with van der Waals surface area (Å²) in [7, 11) is 0. The molecule has 0 bridgehead atoms. The van der Waals surface area contributed by atoms with E-state index in [1.54, 1.807) is 13.3 Å². The lowest BCUT2D eigenvalue weighted by Crippen LogP contribution is -2.50. The Kier molecular flexibility index (Phi) is 4.51. The summed E-state index contributed by atoms with van der Waals surface area (Å²) >= 11 is 0. The number of rotatable bonds is 6. The topological polar surface area (TPSA) is 67.2 Å². The zero-order valence-electron chi connectivity index (χ0n) is 11.8. The zero-order valence-corrected chi connectivity index (χ0v) is 11.8. The number of aryl methyl sites for hydroxylation is 1. The van der Waals surface area contributed by atoms with Crippen molar-refractivity contribution in [2.75, 3.05) is 6.54 Å². The van der Waals surface area contributed by atoms with Gasteiger partial charge in [0.05, 0.1) is 12.0 Å². The number of likely N-dealkylation sites (N-methyl/N-ethyl adjacent to an activating group) is 1. The summed E-state index contributed by atoms with van der Waals surface area (Å²) in [5.41, 5.74) is 1.17. The molecule has 5 nitrogen and oxygen atoms in total. The molecule has 18 heavy (non-hydrogen) atoms. The number of nitrogens with one attached hydrogen (secondary N) is 1.